The fourth-order valence-electron chi connectivity index (χ4n) is 4.75. The van der Waals surface area contributed by atoms with Crippen LogP contribution in [0.25, 0.3) is 5.82 Å². The number of halogens is 4. The van der Waals surface area contributed by atoms with Crippen molar-refractivity contribution in [3.05, 3.63) is 69.9 Å². The van der Waals surface area contributed by atoms with Gasteiger partial charge in [-0.1, -0.05) is 37.8 Å². The number of benzene rings is 1. The van der Waals surface area contributed by atoms with Crippen molar-refractivity contribution in [1.82, 2.24) is 25.1 Å². The van der Waals surface area contributed by atoms with Gasteiger partial charge in [0.05, 0.1) is 26.9 Å². The maximum atomic E-state index is 13.5. The van der Waals surface area contributed by atoms with E-state index in [9.17, 15) is 27.0 Å². The number of alkyl halides is 3. The number of rotatable bonds is 7. The van der Waals surface area contributed by atoms with Gasteiger partial charge < -0.3 is 5.32 Å². The second-order valence-electron chi connectivity index (χ2n) is 9.89. The fraction of sp³-hybridized carbons (Fsp3) is 0.444. The van der Waals surface area contributed by atoms with E-state index in [1.165, 1.54) is 23.0 Å². The molecule has 1 aromatic carbocycles. The third-order valence-corrected chi connectivity index (χ3v) is 9.93. The van der Waals surface area contributed by atoms with E-state index in [-0.39, 0.29) is 33.0 Å². The summed E-state index contributed by atoms with van der Waals surface area (Å²) in [6.45, 7) is 5.01. The second kappa shape index (κ2) is 12.3. The van der Waals surface area contributed by atoms with Gasteiger partial charge in [0.25, 0.3) is 11.8 Å². The number of pyridine rings is 1. The third-order valence-electron chi connectivity index (χ3n) is 6.90. The Labute approximate surface area is 241 Å². The number of hydrogen-bond acceptors (Lipinski definition) is 6. The molecule has 0 saturated heterocycles. The highest BCUT2D eigenvalue weighted by Crippen LogP contribution is 2.32. The minimum Gasteiger partial charge on any atom is -0.342 e. The van der Waals surface area contributed by atoms with Crippen LogP contribution in [0.4, 0.5) is 13.2 Å². The quantitative estimate of drug-likeness (QED) is 0.345. The fourth-order valence-corrected chi connectivity index (χ4v) is 7.19. The molecule has 220 valence electrons. The smallest absolute Gasteiger partial charge is 0.342 e. The van der Waals surface area contributed by atoms with E-state index in [0.29, 0.717) is 11.6 Å². The molecule has 1 saturated carbocycles. The number of amides is 2. The van der Waals surface area contributed by atoms with Gasteiger partial charge in [0, 0.05) is 27.8 Å². The molecule has 0 spiro atoms. The third kappa shape index (κ3) is 7.13. The summed E-state index contributed by atoms with van der Waals surface area (Å²) in [6, 6.07) is 4.83. The van der Waals surface area contributed by atoms with Gasteiger partial charge in [0.2, 0.25) is 0 Å². The van der Waals surface area contributed by atoms with E-state index in [1.807, 2.05) is 0 Å². The maximum absolute atomic E-state index is 13.5. The van der Waals surface area contributed by atoms with Crippen LogP contribution in [0, 0.1) is 6.92 Å². The summed E-state index contributed by atoms with van der Waals surface area (Å²) in [7, 11) is -2.69. The summed E-state index contributed by atoms with van der Waals surface area (Å²) in [5.74, 6) is -0.189. The Morgan fingerprint density at radius 2 is 1.88 bits per heavy atom. The Morgan fingerprint density at radius 1 is 1.17 bits per heavy atom. The van der Waals surface area contributed by atoms with Crippen molar-refractivity contribution in [3.8, 4) is 5.82 Å². The Hall–Kier alpha value is -3.32. The molecule has 0 bridgehead atoms. The Morgan fingerprint density at radius 3 is 2.49 bits per heavy atom. The maximum Gasteiger partial charge on any atom is 0.416 e. The molecule has 1 aliphatic rings. The van der Waals surface area contributed by atoms with Crippen molar-refractivity contribution in [3.63, 3.8) is 0 Å². The van der Waals surface area contributed by atoms with Crippen molar-refractivity contribution in [1.29, 1.82) is 0 Å². The minimum atomic E-state index is -4.67. The van der Waals surface area contributed by atoms with Gasteiger partial charge in [-0.25, -0.2) is 14.2 Å². The molecule has 2 heterocycles. The van der Waals surface area contributed by atoms with Gasteiger partial charge in [-0.05, 0) is 57.0 Å². The van der Waals surface area contributed by atoms with Crippen molar-refractivity contribution in [2.24, 2.45) is 4.36 Å². The number of nitrogens with one attached hydrogen (secondary N) is 1. The molecule has 2 atom stereocenters. The number of hydrogen-bond donors (Lipinski definition) is 1. The zero-order chi connectivity index (χ0) is 29.9. The summed E-state index contributed by atoms with van der Waals surface area (Å²) < 4.78 is 58.5. The number of aromatic nitrogens is 4. The molecule has 3 aromatic rings. The van der Waals surface area contributed by atoms with E-state index in [1.54, 1.807) is 20.8 Å². The van der Waals surface area contributed by atoms with Gasteiger partial charge in [0.15, 0.2) is 11.6 Å². The molecule has 1 unspecified atom stereocenters. The zero-order valence-electron chi connectivity index (χ0n) is 22.7. The van der Waals surface area contributed by atoms with Crippen LogP contribution in [0.5, 0.6) is 0 Å². The number of carbonyl (C=O) groups excluding carboxylic acids is 2. The summed E-state index contributed by atoms with van der Waals surface area (Å²) >= 11 is 5.82. The largest absolute Gasteiger partial charge is 0.416 e. The first kappa shape index (κ1) is 30.6. The van der Waals surface area contributed by atoms with Gasteiger partial charge >= 0.3 is 6.18 Å². The van der Waals surface area contributed by atoms with Crippen molar-refractivity contribution < 1.29 is 27.0 Å². The highest BCUT2D eigenvalue weighted by atomic mass is 35.5. The predicted molar refractivity (Wildman–Crippen MR) is 149 cm³/mol. The normalized spacial score (nSPS) is 16.6. The summed E-state index contributed by atoms with van der Waals surface area (Å²) in [5, 5.41) is 6.61. The predicted octanol–water partition coefficient (Wildman–Crippen LogP) is 6.09. The molecular weight excluding hydrogens is 581 g/mol. The van der Waals surface area contributed by atoms with E-state index < -0.39 is 39.3 Å². The monoisotopic (exact) mass is 610 g/mol. The molecule has 2 amide bonds. The highest BCUT2D eigenvalue weighted by molar-refractivity contribution is 7.94. The molecule has 0 radical (unpaired) electrons. The molecule has 1 N–H and O–H groups in total. The Kier molecular flexibility index (Phi) is 9.17. The average molecular weight is 611 g/mol. The van der Waals surface area contributed by atoms with Gasteiger partial charge in [-0.2, -0.15) is 22.2 Å². The molecule has 1 aliphatic carbocycles. The van der Waals surface area contributed by atoms with Crippen LogP contribution in [-0.4, -0.2) is 46.8 Å². The second-order valence-corrected chi connectivity index (χ2v) is 13.1. The Balaban J connectivity index is 1.55. The van der Waals surface area contributed by atoms with Crippen LogP contribution in [0.1, 0.15) is 89.9 Å². The minimum absolute atomic E-state index is 0.0956. The standard InChI is InChI=1S/C27H30ClF3N6O3S/c1-4-41(40,22-8-6-5-7-9-22)36-26(39)18-10-11-23(32-15-18)37-24(34-17(3)35-37)16(2)33-25(38)19-12-20(27(29,30)31)14-21(28)13-19/h10-16,22H,4-9H2,1-3H3,(H,33,38)/t16-,41?/m0/s1. The molecule has 41 heavy (non-hydrogen) atoms. The highest BCUT2D eigenvalue weighted by Gasteiger charge is 2.32. The van der Waals surface area contributed by atoms with Crippen molar-refractivity contribution in [2.75, 3.05) is 5.75 Å². The summed E-state index contributed by atoms with van der Waals surface area (Å²) in [6.07, 6.45) is 1.29. The van der Waals surface area contributed by atoms with Gasteiger partial charge in [-0.3, -0.25) is 9.59 Å². The van der Waals surface area contributed by atoms with Crippen LogP contribution in [0.3, 0.4) is 0 Å². The van der Waals surface area contributed by atoms with E-state index in [2.05, 4.69) is 24.7 Å². The van der Waals surface area contributed by atoms with Crippen molar-refractivity contribution in [2.45, 2.75) is 70.3 Å². The van der Waals surface area contributed by atoms with Crippen LogP contribution in [-0.2, 0) is 15.9 Å². The Bertz CT molecular complexity index is 1560. The molecular formula is C27H30ClF3N6O3S. The van der Waals surface area contributed by atoms with E-state index in [4.69, 9.17) is 11.6 Å². The lowest BCUT2D eigenvalue weighted by Crippen LogP contribution is -2.29. The number of aryl methyl sites for hydroxylation is 1. The number of carbonyl (C=O) groups is 2. The summed E-state index contributed by atoms with van der Waals surface area (Å²) in [5.41, 5.74) is -1.13. The first-order chi connectivity index (χ1) is 19.3. The lowest BCUT2D eigenvalue weighted by Gasteiger charge is -2.24. The SMILES string of the molecule is CCS(=O)(=NC(=O)c1ccc(-n2nc(C)nc2[C@H](C)NC(=O)c2cc(Cl)cc(C(F)(F)F)c2)nc1)C1CCCCC1. The first-order valence-corrected chi connectivity index (χ1v) is 15.3. The lowest BCUT2D eigenvalue weighted by atomic mass is 10.0. The molecule has 9 nitrogen and oxygen atoms in total. The molecule has 0 aliphatic heterocycles. The van der Waals surface area contributed by atoms with E-state index in [0.717, 1.165) is 50.3 Å². The average Bonchev–Trinajstić information content (AvgIpc) is 3.34. The molecule has 1 fully saturated rings. The van der Waals surface area contributed by atoms with Gasteiger partial charge in [-0.15, -0.1) is 5.10 Å². The molecule has 4 rings (SSSR count). The van der Waals surface area contributed by atoms with Crippen molar-refractivity contribution >= 4 is 33.1 Å². The summed E-state index contributed by atoms with van der Waals surface area (Å²) in [4.78, 5) is 34.4. The van der Waals surface area contributed by atoms with E-state index >= 15 is 0 Å². The topological polar surface area (TPSA) is 119 Å². The molecule has 14 heteroatoms. The zero-order valence-corrected chi connectivity index (χ0v) is 24.3. The van der Waals surface area contributed by atoms with Crippen LogP contribution in [0.15, 0.2) is 40.9 Å². The van der Waals surface area contributed by atoms with Crippen LogP contribution < -0.4 is 5.32 Å². The lowest BCUT2D eigenvalue weighted by molar-refractivity contribution is -0.137. The number of nitrogens with zero attached hydrogens (tertiary/aromatic N) is 5. The van der Waals surface area contributed by atoms with Crippen LogP contribution >= 0.6 is 11.6 Å². The van der Waals surface area contributed by atoms with Crippen LogP contribution in [0.2, 0.25) is 5.02 Å². The molecule has 2 aromatic heterocycles. The first-order valence-electron chi connectivity index (χ1n) is 13.2. The van der Waals surface area contributed by atoms with Gasteiger partial charge in [0.1, 0.15) is 5.82 Å².